The number of carbonyl (C=O) groups excluding carboxylic acids is 5. The molecular weight excluding hydrogens is 859 g/mol. The largest absolute Gasteiger partial charge is 0.496 e. The number of aromatic nitrogens is 2. The second-order valence-electron chi connectivity index (χ2n) is 17.1. The topological polar surface area (TPSA) is 191 Å². The molecule has 2 N–H and O–H groups in total. The van der Waals surface area contributed by atoms with Gasteiger partial charge in [-0.3, -0.25) is 29.3 Å². The van der Waals surface area contributed by atoms with E-state index in [1.807, 2.05) is 18.2 Å². The molecule has 2 atom stereocenters. The Bertz CT molecular complexity index is 2310. The molecule has 358 valence electrons. The molecule has 4 aliphatic rings. The van der Waals surface area contributed by atoms with Crippen molar-refractivity contribution in [3.05, 3.63) is 76.2 Å². The maximum atomic E-state index is 13.3. The quantitative estimate of drug-likeness (QED) is 0.0776. The number of ether oxygens (including phenoxy) is 5. The highest BCUT2D eigenvalue weighted by atomic mass is 16.6. The molecule has 2 aromatic carbocycles. The molecule has 2 fully saturated rings. The van der Waals surface area contributed by atoms with E-state index in [4.69, 9.17) is 28.7 Å². The van der Waals surface area contributed by atoms with Gasteiger partial charge in [-0.1, -0.05) is 43.7 Å². The van der Waals surface area contributed by atoms with E-state index in [9.17, 15) is 24.0 Å². The van der Waals surface area contributed by atoms with Crippen molar-refractivity contribution in [3.8, 4) is 17.6 Å². The lowest BCUT2D eigenvalue weighted by Crippen LogP contribution is -2.55. The molecule has 0 radical (unpaired) electrons. The van der Waals surface area contributed by atoms with Crippen molar-refractivity contribution < 1.29 is 47.7 Å². The Morgan fingerprint density at radius 2 is 1.64 bits per heavy atom. The number of hydrogen-bond donors (Lipinski definition) is 2. The number of carbonyl (C=O) groups is 5. The fourth-order valence-corrected chi connectivity index (χ4v) is 9.08. The van der Waals surface area contributed by atoms with Crippen LogP contribution in [0, 0.1) is 11.8 Å². The molecule has 5 amide bonds. The summed E-state index contributed by atoms with van der Waals surface area (Å²) >= 11 is 0. The van der Waals surface area contributed by atoms with Crippen LogP contribution in [0.3, 0.4) is 0 Å². The molecule has 7 rings (SSSR count). The Morgan fingerprint density at radius 1 is 0.910 bits per heavy atom. The van der Waals surface area contributed by atoms with Gasteiger partial charge < -0.3 is 43.7 Å². The lowest BCUT2D eigenvalue weighted by molar-refractivity contribution is -0.137. The number of methoxy groups -OCH3 is 1. The molecule has 0 spiro atoms. The minimum atomic E-state index is -0.647. The predicted molar refractivity (Wildman–Crippen MR) is 249 cm³/mol. The maximum absolute atomic E-state index is 13.3. The van der Waals surface area contributed by atoms with Gasteiger partial charge >= 0.3 is 0 Å². The second-order valence-corrected chi connectivity index (χ2v) is 17.1. The summed E-state index contributed by atoms with van der Waals surface area (Å²) in [6.07, 6.45) is 10.2. The van der Waals surface area contributed by atoms with E-state index in [-0.39, 0.29) is 42.1 Å². The number of anilines is 2. The number of likely N-dealkylation sites (N-methyl/N-ethyl adjacent to an activating group) is 1. The number of nitrogens with zero attached hydrogens (tertiary/aromatic N) is 5. The minimum Gasteiger partial charge on any atom is -0.496 e. The van der Waals surface area contributed by atoms with Gasteiger partial charge in [0.25, 0.3) is 11.8 Å². The Labute approximate surface area is 392 Å². The molecule has 3 aromatic rings. The van der Waals surface area contributed by atoms with E-state index in [2.05, 4.69) is 39.3 Å². The number of hydrogen-bond acceptors (Lipinski definition) is 13. The van der Waals surface area contributed by atoms with Crippen molar-refractivity contribution in [2.24, 2.45) is 0 Å². The third-order valence-corrected chi connectivity index (χ3v) is 12.7. The van der Waals surface area contributed by atoms with E-state index in [1.165, 1.54) is 0 Å². The number of imide groups is 1. The van der Waals surface area contributed by atoms with Gasteiger partial charge in [-0.25, -0.2) is 9.97 Å². The summed E-state index contributed by atoms with van der Waals surface area (Å²) in [5.41, 5.74) is 4.23. The lowest BCUT2D eigenvalue weighted by atomic mass is 10.0. The zero-order valence-corrected chi connectivity index (χ0v) is 38.9. The highest BCUT2D eigenvalue weighted by Crippen LogP contribution is 2.40. The summed E-state index contributed by atoms with van der Waals surface area (Å²) < 4.78 is 28.2. The normalized spacial score (nSPS) is 18.2. The Balaban J connectivity index is 0.707. The van der Waals surface area contributed by atoms with E-state index >= 15 is 0 Å². The van der Waals surface area contributed by atoms with E-state index in [1.54, 1.807) is 48.4 Å². The van der Waals surface area contributed by atoms with Gasteiger partial charge in [-0.15, -0.1) is 0 Å². The third kappa shape index (κ3) is 12.3. The van der Waals surface area contributed by atoms with Crippen LogP contribution < -0.4 is 25.2 Å². The lowest BCUT2D eigenvalue weighted by Gasteiger charge is -2.43. The third-order valence-electron chi connectivity index (χ3n) is 12.7. The standard InChI is InChI=1S/C50H63N7O10/c1-4-40-50(62)55(2)42-32-52-44(53-46(42)57(40)37-14-8-9-15-37)31-35-17-18-36(30-43(35)63-3)47(59)51-21-23-65-25-27-67-29-28-66-26-24-64-22-10-6-5-7-12-34-13-11-16-38-39(34)33-56(49(38)61)41-19-20-45(58)54-48(41)60/h11,13,16-18,30,32,37,40-41H,4-6,8-10,14-15,19-29,31,33H2,1-3H3,(H,51,59)(H,54,58,60)/t40-,41?/m1/s1. The van der Waals surface area contributed by atoms with Crippen molar-refractivity contribution in [3.63, 3.8) is 0 Å². The fourth-order valence-electron chi connectivity index (χ4n) is 9.08. The number of amides is 5. The summed E-state index contributed by atoms with van der Waals surface area (Å²) in [6, 6.07) is 10.2. The summed E-state index contributed by atoms with van der Waals surface area (Å²) in [5, 5.41) is 5.23. The summed E-state index contributed by atoms with van der Waals surface area (Å²) in [6.45, 7) is 6.24. The van der Waals surface area contributed by atoms with Crippen molar-refractivity contribution in [1.29, 1.82) is 0 Å². The van der Waals surface area contributed by atoms with Crippen LogP contribution in [0.5, 0.6) is 5.75 Å². The first-order chi connectivity index (χ1) is 32.7. The molecule has 1 aromatic heterocycles. The van der Waals surface area contributed by atoms with Gasteiger partial charge in [0, 0.05) is 74.3 Å². The van der Waals surface area contributed by atoms with Crippen molar-refractivity contribution in [2.45, 2.75) is 102 Å². The number of rotatable bonds is 23. The Kier molecular flexibility index (Phi) is 17.7. The first-order valence-electron chi connectivity index (χ1n) is 23.6. The molecule has 0 bridgehead atoms. The van der Waals surface area contributed by atoms with Crippen molar-refractivity contribution in [2.75, 3.05) is 83.4 Å². The molecular formula is C50H63N7O10. The number of fused-ring (bicyclic) bond motifs is 2. The number of nitrogens with one attached hydrogen (secondary N) is 2. The number of unbranched alkanes of at least 4 members (excludes halogenated alkanes) is 2. The van der Waals surface area contributed by atoms with Gasteiger partial charge in [0.05, 0.1) is 59.6 Å². The van der Waals surface area contributed by atoms with Crippen LogP contribution in [0.2, 0.25) is 0 Å². The van der Waals surface area contributed by atoms with Crippen LogP contribution in [0.4, 0.5) is 11.5 Å². The van der Waals surface area contributed by atoms with Gasteiger partial charge in [0.15, 0.2) is 5.82 Å². The SMILES string of the molecule is CC[C@@H]1C(=O)N(C)c2cnc(Cc3ccc(C(=O)NCCOCCOCCOCCOCCCCC#Cc4cccc5c4CN(C4CCC(=O)NC4=O)C5=O)cc3OC)nc2N1C1CCCC1. The minimum absolute atomic E-state index is 0.0799. The smallest absolute Gasteiger partial charge is 0.255 e. The Hall–Kier alpha value is -5.93. The van der Waals surface area contributed by atoms with Gasteiger partial charge in [0.1, 0.15) is 29.3 Å². The van der Waals surface area contributed by atoms with Crippen molar-refractivity contribution in [1.82, 2.24) is 25.5 Å². The summed E-state index contributed by atoms with van der Waals surface area (Å²) in [7, 11) is 3.38. The second kappa shape index (κ2) is 24.2. The number of piperidine rings is 1. The van der Waals surface area contributed by atoms with Crippen LogP contribution in [0.1, 0.15) is 114 Å². The van der Waals surface area contributed by atoms with E-state index in [0.29, 0.717) is 114 Å². The Morgan fingerprint density at radius 3 is 2.36 bits per heavy atom. The zero-order valence-electron chi connectivity index (χ0n) is 38.9. The number of benzene rings is 2. The highest BCUT2D eigenvalue weighted by Gasteiger charge is 2.42. The maximum Gasteiger partial charge on any atom is 0.255 e. The summed E-state index contributed by atoms with van der Waals surface area (Å²) in [4.78, 5) is 78.3. The fraction of sp³-hybridized carbons (Fsp3) is 0.540. The van der Waals surface area contributed by atoms with Crippen LogP contribution in [-0.2, 0) is 46.3 Å². The highest BCUT2D eigenvalue weighted by molar-refractivity contribution is 6.06. The van der Waals surface area contributed by atoms with Gasteiger partial charge in [-0.05, 0) is 68.4 Å². The zero-order chi connectivity index (χ0) is 47.1. The first kappa shape index (κ1) is 49.0. The molecule has 17 heteroatoms. The van der Waals surface area contributed by atoms with Crippen LogP contribution >= 0.6 is 0 Å². The first-order valence-corrected chi connectivity index (χ1v) is 23.6. The van der Waals surface area contributed by atoms with Crippen LogP contribution in [-0.4, -0.2) is 136 Å². The van der Waals surface area contributed by atoms with E-state index < -0.39 is 11.9 Å². The van der Waals surface area contributed by atoms with Crippen molar-refractivity contribution >= 4 is 41.0 Å². The monoisotopic (exact) mass is 921 g/mol. The average Bonchev–Trinajstić information content (AvgIpc) is 3.99. The molecule has 1 saturated heterocycles. The van der Waals surface area contributed by atoms with Crippen LogP contribution in [0.25, 0.3) is 0 Å². The average molecular weight is 922 g/mol. The predicted octanol–water partition coefficient (Wildman–Crippen LogP) is 4.36. The molecule has 1 aliphatic carbocycles. The van der Waals surface area contributed by atoms with E-state index in [0.717, 1.165) is 66.7 Å². The van der Waals surface area contributed by atoms with Gasteiger partial charge in [0.2, 0.25) is 17.7 Å². The van der Waals surface area contributed by atoms with Gasteiger partial charge in [-0.2, -0.15) is 0 Å². The molecule has 1 unspecified atom stereocenters. The molecule has 3 aliphatic heterocycles. The molecule has 1 saturated carbocycles. The van der Waals surface area contributed by atoms with Crippen LogP contribution in [0.15, 0.2) is 42.6 Å². The molecule has 4 heterocycles. The summed E-state index contributed by atoms with van der Waals surface area (Å²) in [5.74, 6) is 7.32. The molecule has 17 nitrogen and oxygen atoms in total. The molecule has 67 heavy (non-hydrogen) atoms.